The molecule has 0 saturated carbocycles. The third kappa shape index (κ3) is 1.97. The van der Waals surface area contributed by atoms with Crippen LogP contribution in [0.4, 0.5) is 0 Å². The van der Waals surface area contributed by atoms with E-state index in [1.165, 1.54) is 0 Å². The van der Waals surface area contributed by atoms with Gasteiger partial charge in [0, 0.05) is 6.42 Å². The van der Waals surface area contributed by atoms with Crippen molar-refractivity contribution >= 4 is 0 Å². The Kier molecular flexibility index (Phi) is 3.23. The van der Waals surface area contributed by atoms with Gasteiger partial charge in [0.1, 0.15) is 5.76 Å². The monoisotopic (exact) mass is 184 g/mol. The van der Waals surface area contributed by atoms with Crippen molar-refractivity contribution < 1.29 is 14.2 Å². The molecule has 0 N–H and O–H groups in total. The fourth-order valence-corrected chi connectivity index (χ4v) is 1.47. The number of hydrogen-bond donors (Lipinski definition) is 0. The molecule has 1 aliphatic rings. The molecule has 0 aliphatic heterocycles. The molecule has 0 spiro atoms. The molecule has 0 aromatic rings. The lowest BCUT2D eigenvalue weighted by Gasteiger charge is -2.21. The maximum atomic E-state index is 5.23. The first-order valence-corrected chi connectivity index (χ1v) is 4.30. The molecule has 3 nitrogen and oxygen atoms in total. The first-order chi connectivity index (χ1) is 6.22. The summed E-state index contributed by atoms with van der Waals surface area (Å²) in [5.74, 6) is 2.76. The van der Waals surface area contributed by atoms with Crippen molar-refractivity contribution in [2.75, 3.05) is 21.3 Å². The number of ether oxygens (including phenoxy) is 3. The summed E-state index contributed by atoms with van der Waals surface area (Å²) in [6, 6.07) is 0. The minimum absolute atomic E-state index is 0.434. The average Bonchev–Trinajstić information content (AvgIpc) is 2.16. The molecule has 0 unspecified atom stereocenters. The molecule has 74 valence electrons. The Hall–Kier alpha value is -1.12. The zero-order valence-corrected chi connectivity index (χ0v) is 8.59. The van der Waals surface area contributed by atoms with E-state index in [0.717, 1.165) is 17.9 Å². The lowest BCUT2D eigenvalue weighted by molar-refractivity contribution is 0.167. The van der Waals surface area contributed by atoms with Crippen molar-refractivity contribution in [3.8, 4) is 0 Å². The van der Waals surface area contributed by atoms with Crippen molar-refractivity contribution in [2.45, 2.75) is 13.3 Å². The molecular formula is C10H16O3. The van der Waals surface area contributed by atoms with E-state index in [2.05, 4.69) is 6.92 Å². The topological polar surface area (TPSA) is 27.7 Å². The molecule has 0 amide bonds. The second-order valence-corrected chi connectivity index (χ2v) is 3.08. The second-order valence-electron chi connectivity index (χ2n) is 3.08. The summed E-state index contributed by atoms with van der Waals surface area (Å²) in [7, 11) is 4.91. The highest BCUT2D eigenvalue weighted by Gasteiger charge is 2.22. The minimum atomic E-state index is 0.434. The van der Waals surface area contributed by atoms with Crippen LogP contribution in [0.1, 0.15) is 13.3 Å². The average molecular weight is 184 g/mol. The Bertz CT molecular complexity index is 241. The molecule has 1 atom stereocenters. The summed E-state index contributed by atoms with van der Waals surface area (Å²) in [6.07, 6.45) is 2.91. The second kappa shape index (κ2) is 4.21. The van der Waals surface area contributed by atoms with Crippen molar-refractivity contribution in [2.24, 2.45) is 5.92 Å². The molecule has 0 heterocycles. The highest BCUT2D eigenvalue weighted by molar-refractivity contribution is 5.28. The van der Waals surface area contributed by atoms with Gasteiger partial charge >= 0.3 is 0 Å². The molecule has 0 aromatic carbocycles. The predicted octanol–water partition coefficient (Wildman–Crippen LogP) is 2.06. The smallest absolute Gasteiger partial charge is 0.198 e. The highest BCUT2D eigenvalue weighted by atomic mass is 16.5. The van der Waals surface area contributed by atoms with E-state index < -0.39 is 0 Å². The van der Waals surface area contributed by atoms with Gasteiger partial charge in [-0.3, -0.25) is 0 Å². The van der Waals surface area contributed by atoms with Gasteiger partial charge in [0.2, 0.25) is 0 Å². The van der Waals surface area contributed by atoms with Crippen LogP contribution in [0.2, 0.25) is 0 Å². The molecule has 1 aliphatic carbocycles. The molecule has 0 fully saturated rings. The van der Waals surface area contributed by atoms with Crippen LogP contribution in [0.15, 0.2) is 23.4 Å². The summed E-state index contributed by atoms with van der Waals surface area (Å²) >= 11 is 0. The van der Waals surface area contributed by atoms with E-state index in [9.17, 15) is 0 Å². The lowest BCUT2D eigenvalue weighted by atomic mass is 9.99. The van der Waals surface area contributed by atoms with Gasteiger partial charge in [-0.25, -0.2) is 0 Å². The summed E-state index contributed by atoms with van der Waals surface area (Å²) in [5.41, 5.74) is 0. The van der Waals surface area contributed by atoms with Crippen molar-refractivity contribution in [1.82, 2.24) is 0 Å². The quantitative estimate of drug-likeness (QED) is 0.672. The SMILES string of the molecule is COC1=C[C@@H](C)CC(OC)=C1OC. The molecule has 0 radical (unpaired) electrons. The third-order valence-corrected chi connectivity index (χ3v) is 2.09. The maximum Gasteiger partial charge on any atom is 0.198 e. The highest BCUT2D eigenvalue weighted by Crippen LogP contribution is 2.29. The van der Waals surface area contributed by atoms with Crippen LogP contribution in [0.25, 0.3) is 0 Å². The predicted molar refractivity (Wildman–Crippen MR) is 49.9 cm³/mol. The van der Waals surface area contributed by atoms with Crippen LogP contribution < -0.4 is 0 Å². The maximum absolute atomic E-state index is 5.23. The number of hydrogen-bond acceptors (Lipinski definition) is 3. The van der Waals surface area contributed by atoms with Crippen LogP contribution in [-0.4, -0.2) is 21.3 Å². The molecule has 13 heavy (non-hydrogen) atoms. The number of methoxy groups -OCH3 is 3. The third-order valence-electron chi connectivity index (χ3n) is 2.09. The normalized spacial score (nSPS) is 22.5. The molecule has 0 saturated heterocycles. The summed E-state index contributed by atoms with van der Waals surface area (Å²) in [6.45, 7) is 2.12. The van der Waals surface area contributed by atoms with Crippen LogP contribution in [-0.2, 0) is 14.2 Å². The zero-order valence-electron chi connectivity index (χ0n) is 8.59. The van der Waals surface area contributed by atoms with Crippen LogP contribution in [0, 0.1) is 5.92 Å². The zero-order chi connectivity index (χ0) is 9.84. The van der Waals surface area contributed by atoms with Crippen LogP contribution >= 0.6 is 0 Å². The first-order valence-electron chi connectivity index (χ1n) is 4.30. The van der Waals surface area contributed by atoms with E-state index >= 15 is 0 Å². The van der Waals surface area contributed by atoms with Crippen molar-refractivity contribution in [3.63, 3.8) is 0 Å². The van der Waals surface area contributed by atoms with Crippen molar-refractivity contribution in [1.29, 1.82) is 0 Å². The Morgan fingerprint density at radius 2 is 1.85 bits per heavy atom. The van der Waals surface area contributed by atoms with Crippen LogP contribution in [0.5, 0.6) is 0 Å². The van der Waals surface area contributed by atoms with Gasteiger partial charge in [0.25, 0.3) is 0 Å². The van der Waals surface area contributed by atoms with Gasteiger partial charge in [-0.2, -0.15) is 0 Å². The summed E-state index contributed by atoms with van der Waals surface area (Å²) < 4.78 is 15.6. The van der Waals surface area contributed by atoms with Gasteiger partial charge in [-0.1, -0.05) is 6.92 Å². The first kappa shape index (κ1) is 9.96. The molecular weight excluding hydrogens is 168 g/mol. The molecule has 0 aromatic heterocycles. The van der Waals surface area contributed by atoms with Gasteiger partial charge in [0.05, 0.1) is 21.3 Å². The van der Waals surface area contributed by atoms with E-state index in [0.29, 0.717) is 11.7 Å². The van der Waals surface area contributed by atoms with Gasteiger partial charge in [-0.05, 0) is 12.0 Å². The minimum Gasteiger partial charge on any atom is -0.497 e. The van der Waals surface area contributed by atoms with E-state index in [4.69, 9.17) is 14.2 Å². The van der Waals surface area contributed by atoms with Crippen LogP contribution in [0.3, 0.4) is 0 Å². The fraction of sp³-hybridized carbons (Fsp3) is 0.600. The number of allylic oxidation sites excluding steroid dienone is 2. The standard InChI is InChI=1S/C10H16O3/c1-7-5-8(11-2)10(13-4)9(6-7)12-3/h5,7H,6H2,1-4H3/t7-/m1/s1. The van der Waals surface area contributed by atoms with Crippen molar-refractivity contribution in [3.05, 3.63) is 23.4 Å². The largest absolute Gasteiger partial charge is 0.497 e. The van der Waals surface area contributed by atoms with E-state index in [1.807, 2.05) is 6.08 Å². The Balaban J connectivity index is 2.97. The lowest BCUT2D eigenvalue weighted by Crippen LogP contribution is -2.11. The molecule has 0 bridgehead atoms. The molecule has 1 rings (SSSR count). The van der Waals surface area contributed by atoms with Gasteiger partial charge < -0.3 is 14.2 Å². The Labute approximate surface area is 79.0 Å². The van der Waals surface area contributed by atoms with E-state index in [-0.39, 0.29) is 0 Å². The summed E-state index contributed by atoms with van der Waals surface area (Å²) in [4.78, 5) is 0. The fourth-order valence-electron chi connectivity index (χ4n) is 1.47. The number of rotatable bonds is 3. The van der Waals surface area contributed by atoms with E-state index in [1.54, 1.807) is 21.3 Å². The Morgan fingerprint density at radius 3 is 2.31 bits per heavy atom. The Morgan fingerprint density at radius 1 is 1.15 bits per heavy atom. The van der Waals surface area contributed by atoms with Gasteiger partial charge in [0.15, 0.2) is 11.5 Å². The van der Waals surface area contributed by atoms with Gasteiger partial charge in [-0.15, -0.1) is 0 Å². The summed E-state index contributed by atoms with van der Waals surface area (Å²) in [5, 5.41) is 0. The molecule has 3 heteroatoms.